The number of quaternary nitrogens is 1. The first kappa shape index (κ1) is 62.2. The Kier molecular flexibility index (Phi) is 45.8. The Bertz CT molecular complexity index is 1040. The third-order valence-corrected chi connectivity index (χ3v) is 13.7. The van der Waals surface area contributed by atoms with Gasteiger partial charge in [-0.25, -0.2) is 4.57 Å². The average Bonchev–Trinajstić information content (AvgIpc) is 3.24. The van der Waals surface area contributed by atoms with Gasteiger partial charge in [-0.3, -0.25) is 13.8 Å². The van der Waals surface area contributed by atoms with Crippen LogP contribution in [0.4, 0.5) is 0 Å². The molecule has 0 saturated carbocycles. The van der Waals surface area contributed by atoms with Crippen LogP contribution >= 0.6 is 7.82 Å². The van der Waals surface area contributed by atoms with E-state index in [1.54, 1.807) is 0 Å². The maximum atomic E-state index is 13.0. The minimum Gasteiger partial charge on any atom is -0.391 e. The van der Waals surface area contributed by atoms with Crippen LogP contribution in [-0.2, 0) is 18.4 Å². The molecule has 376 valence electrons. The number of phosphoric ester groups is 1. The Balaban J connectivity index is 4.14. The van der Waals surface area contributed by atoms with Crippen molar-refractivity contribution >= 4 is 13.7 Å². The van der Waals surface area contributed by atoms with Crippen LogP contribution in [-0.4, -0.2) is 73.4 Å². The number of carbonyl (C=O) groups is 1. The van der Waals surface area contributed by atoms with E-state index in [2.05, 4.69) is 31.3 Å². The van der Waals surface area contributed by atoms with Crippen molar-refractivity contribution in [1.82, 2.24) is 5.32 Å². The maximum Gasteiger partial charge on any atom is 0.472 e. The number of carbonyl (C=O) groups excluding carboxylic acids is 1. The van der Waals surface area contributed by atoms with E-state index in [9.17, 15) is 19.4 Å². The molecule has 0 saturated heterocycles. The Labute approximate surface area is 392 Å². The van der Waals surface area contributed by atoms with Gasteiger partial charge in [0.15, 0.2) is 0 Å². The molecule has 1 amide bonds. The number of unbranched alkanes of at least 4 members (excludes halogenated alkanes) is 36. The smallest absolute Gasteiger partial charge is 0.391 e. The number of amides is 1. The summed E-state index contributed by atoms with van der Waals surface area (Å²) in [6, 6.07) is -0.757. The summed E-state index contributed by atoms with van der Waals surface area (Å²) >= 11 is 0. The molecule has 63 heavy (non-hydrogen) atoms. The Morgan fingerprint density at radius 2 is 0.857 bits per heavy atom. The molecule has 3 atom stereocenters. The summed E-state index contributed by atoms with van der Waals surface area (Å²) in [5.41, 5.74) is 0. The minimum atomic E-state index is -4.32. The lowest BCUT2D eigenvalue weighted by molar-refractivity contribution is -0.870. The third-order valence-electron chi connectivity index (χ3n) is 12.8. The molecule has 0 aromatic heterocycles. The molecule has 8 nitrogen and oxygen atoms in total. The Morgan fingerprint density at radius 1 is 0.524 bits per heavy atom. The van der Waals surface area contributed by atoms with E-state index in [1.165, 1.54) is 212 Å². The van der Waals surface area contributed by atoms with Gasteiger partial charge in [0.25, 0.3) is 0 Å². The van der Waals surface area contributed by atoms with Gasteiger partial charge in [0, 0.05) is 6.42 Å². The summed E-state index contributed by atoms with van der Waals surface area (Å²) in [4.78, 5) is 23.3. The van der Waals surface area contributed by atoms with Gasteiger partial charge in [0.1, 0.15) is 13.2 Å². The molecule has 0 aliphatic heterocycles. The molecule has 0 aromatic carbocycles. The first-order valence-corrected chi connectivity index (χ1v) is 29.0. The van der Waals surface area contributed by atoms with Crippen molar-refractivity contribution < 1.29 is 32.9 Å². The standard InChI is InChI=1S/C54H109N2O6P/c1-6-8-10-12-14-16-18-20-22-24-25-26-27-28-29-30-31-32-34-36-38-40-42-44-46-48-54(58)55-52(51-62-63(59,60)61-50-49-56(3,4)5)53(57)47-45-43-41-39-37-35-33-23-21-19-17-15-13-11-9-7-2/h24-25,52-53,57H,6-23,26-51H2,1-5H3,(H-,55,58,59,60)/p+1/b25-24-. The van der Waals surface area contributed by atoms with Crippen molar-refractivity contribution in [3.8, 4) is 0 Å². The van der Waals surface area contributed by atoms with Crippen molar-refractivity contribution in [2.24, 2.45) is 0 Å². The topological polar surface area (TPSA) is 105 Å². The van der Waals surface area contributed by atoms with E-state index in [1.807, 2.05) is 21.1 Å². The number of aliphatic hydroxyl groups is 1. The van der Waals surface area contributed by atoms with Crippen LogP contribution in [0.2, 0.25) is 0 Å². The molecule has 0 bridgehead atoms. The summed E-state index contributed by atoms with van der Waals surface area (Å²) in [7, 11) is 1.63. The third kappa shape index (κ3) is 49.0. The van der Waals surface area contributed by atoms with Gasteiger partial charge in [-0.1, -0.05) is 244 Å². The van der Waals surface area contributed by atoms with E-state index in [-0.39, 0.29) is 19.1 Å². The molecule has 3 unspecified atom stereocenters. The number of rotatable bonds is 51. The Hall–Kier alpha value is -0.760. The summed E-state index contributed by atoms with van der Waals surface area (Å²) < 4.78 is 23.7. The lowest BCUT2D eigenvalue weighted by Gasteiger charge is -2.26. The number of nitrogens with one attached hydrogen (secondary N) is 1. The van der Waals surface area contributed by atoms with Crippen molar-refractivity contribution in [1.29, 1.82) is 0 Å². The molecular formula is C54H110N2O6P+. The van der Waals surface area contributed by atoms with Crippen LogP contribution in [0, 0.1) is 0 Å². The number of likely N-dealkylation sites (N-methyl/N-ethyl adjacent to an activating group) is 1. The largest absolute Gasteiger partial charge is 0.472 e. The second-order valence-corrected chi connectivity index (χ2v) is 21.8. The summed E-state index contributed by atoms with van der Waals surface area (Å²) in [5, 5.41) is 14.0. The molecule has 9 heteroatoms. The zero-order valence-electron chi connectivity index (χ0n) is 42.8. The normalized spacial score (nSPS) is 14.1. The van der Waals surface area contributed by atoms with Crippen LogP contribution < -0.4 is 5.32 Å². The summed E-state index contributed by atoms with van der Waals surface area (Å²) in [5.74, 6) is -0.140. The zero-order valence-corrected chi connectivity index (χ0v) is 43.7. The van der Waals surface area contributed by atoms with Crippen molar-refractivity contribution in [3.05, 3.63) is 12.2 Å². The van der Waals surface area contributed by atoms with Crippen LogP contribution in [0.1, 0.15) is 277 Å². The highest BCUT2D eigenvalue weighted by Crippen LogP contribution is 2.43. The molecule has 0 heterocycles. The summed E-state index contributed by atoms with van der Waals surface area (Å²) in [6.07, 6.45) is 55.4. The van der Waals surface area contributed by atoms with E-state index >= 15 is 0 Å². The number of hydrogen-bond acceptors (Lipinski definition) is 5. The van der Waals surface area contributed by atoms with Gasteiger partial charge < -0.3 is 19.8 Å². The van der Waals surface area contributed by atoms with Crippen molar-refractivity contribution in [2.75, 3.05) is 40.9 Å². The lowest BCUT2D eigenvalue weighted by atomic mass is 10.0. The lowest BCUT2D eigenvalue weighted by Crippen LogP contribution is -2.46. The predicted octanol–water partition coefficient (Wildman–Crippen LogP) is 16.3. The van der Waals surface area contributed by atoms with Gasteiger partial charge >= 0.3 is 7.82 Å². The highest BCUT2D eigenvalue weighted by Gasteiger charge is 2.28. The fourth-order valence-electron chi connectivity index (χ4n) is 8.40. The SMILES string of the molecule is CCCCCCCCCC/C=C\CCCCCCCCCCCCCCCC(=O)NC(COP(=O)(O)OCC[N+](C)(C)C)C(O)CCCCCCCCCCCCCCCCCC. The predicted molar refractivity (Wildman–Crippen MR) is 272 cm³/mol. The van der Waals surface area contributed by atoms with Crippen LogP contribution in [0.25, 0.3) is 0 Å². The van der Waals surface area contributed by atoms with E-state index < -0.39 is 20.0 Å². The number of hydrogen-bond donors (Lipinski definition) is 3. The number of allylic oxidation sites excluding steroid dienone is 2. The highest BCUT2D eigenvalue weighted by atomic mass is 31.2. The molecule has 0 radical (unpaired) electrons. The van der Waals surface area contributed by atoms with Gasteiger partial charge in [0.2, 0.25) is 5.91 Å². The van der Waals surface area contributed by atoms with Gasteiger partial charge in [-0.15, -0.1) is 0 Å². The molecule has 3 N–H and O–H groups in total. The average molecular weight is 914 g/mol. The van der Waals surface area contributed by atoms with E-state index in [0.29, 0.717) is 23.9 Å². The molecule has 0 fully saturated rings. The second-order valence-electron chi connectivity index (χ2n) is 20.3. The van der Waals surface area contributed by atoms with Gasteiger partial charge in [0.05, 0.1) is 39.9 Å². The highest BCUT2D eigenvalue weighted by molar-refractivity contribution is 7.47. The molecular weight excluding hydrogens is 804 g/mol. The van der Waals surface area contributed by atoms with E-state index in [4.69, 9.17) is 9.05 Å². The Morgan fingerprint density at radius 3 is 1.22 bits per heavy atom. The molecule has 0 aliphatic carbocycles. The second kappa shape index (κ2) is 46.4. The van der Waals surface area contributed by atoms with Crippen molar-refractivity contribution in [2.45, 2.75) is 289 Å². The first-order chi connectivity index (χ1) is 30.5. The van der Waals surface area contributed by atoms with Crippen LogP contribution in [0.3, 0.4) is 0 Å². The number of phosphoric acid groups is 1. The quantitative estimate of drug-likeness (QED) is 0.0243. The first-order valence-electron chi connectivity index (χ1n) is 27.6. The van der Waals surface area contributed by atoms with Gasteiger partial charge in [-0.05, 0) is 38.5 Å². The molecule has 0 aliphatic rings. The maximum absolute atomic E-state index is 13.0. The minimum absolute atomic E-state index is 0.0773. The van der Waals surface area contributed by atoms with Gasteiger partial charge in [-0.2, -0.15) is 0 Å². The monoisotopic (exact) mass is 914 g/mol. The number of aliphatic hydroxyl groups excluding tert-OH is 1. The molecule has 0 aromatic rings. The van der Waals surface area contributed by atoms with Crippen LogP contribution in [0.5, 0.6) is 0 Å². The fraction of sp³-hybridized carbons (Fsp3) is 0.944. The zero-order chi connectivity index (χ0) is 46.4. The molecule has 0 rings (SSSR count). The number of nitrogens with zero attached hydrogens (tertiary/aromatic N) is 1. The van der Waals surface area contributed by atoms with Crippen molar-refractivity contribution in [3.63, 3.8) is 0 Å². The fourth-order valence-corrected chi connectivity index (χ4v) is 9.13. The summed E-state index contributed by atoms with van der Waals surface area (Å²) in [6.45, 7) is 4.92. The van der Waals surface area contributed by atoms with E-state index in [0.717, 1.165) is 38.5 Å². The molecule has 0 spiro atoms. The van der Waals surface area contributed by atoms with Crippen LogP contribution in [0.15, 0.2) is 12.2 Å².